The van der Waals surface area contributed by atoms with E-state index in [1.807, 2.05) is 14.0 Å². The lowest BCUT2D eigenvalue weighted by Gasteiger charge is -2.23. The summed E-state index contributed by atoms with van der Waals surface area (Å²) in [6.07, 6.45) is 6.30. The molecule has 0 atom stereocenters. The summed E-state index contributed by atoms with van der Waals surface area (Å²) < 4.78 is 7.77. The molecule has 1 aliphatic rings. The molecule has 1 aliphatic carbocycles. The van der Waals surface area contributed by atoms with E-state index in [-0.39, 0.29) is 6.10 Å². The zero-order valence-electron chi connectivity index (χ0n) is 10.4. The van der Waals surface area contributed by atoms with Gasteiger partial charge in [0.1, 0.15) is 11.1 Å². The molecule has 17 heavy (non-hydrogen) atoms. The van der Waals surface area contributed by atoms with Gasteiger partial charge in [0.05, 0.1) is 11.3 Å². The maximum Gasteiger partial charge on any atom is 0.222 e. The van der Waals surface area contributed by atoms with E-state index < -0.39 is 0 Å². The van der Waals surface area contributed by atoms with E-state index in [9.17, 15) is 0 Å². The Labute approximate surface area is 107 Å². The summed E-state index contributed by atoms with van der Waals surface area (Å²) in [5.74, 6) is 0.724. The van der Waals surface area contributed by atoms with Crippen molar-refractivity contribution in [1.29, 1.82) is 0 Å². The Balaban J connectivity index is 2.21. The minimum absolute atomic E-state index is 0.284. The van der Waals surface area contributed by atoms with Gasteiger partial charge in [0, 0.05) is 7.05 Å². The van der Waals surface area contributed by atoms with Crippen molar-refractivity contribution in [2.75, 3.05) is 0 Å². The van der Waals surface area contributed by atoms with Crippen LogP contribution in [-0.2, 0) is 7.05 Å². The van der Waals surface area contributed by atoms with Gasteiger partial charge in [-0.1, -0.05) is 18.6 Å². The summed E-state index contributed by atoms with van der Waals surface area (Å²) in [7, 11) is 1.87. The fraction of sp³-hybridized carbons (Fsp3) is 0.667. The van der Waals surface area contributed by atoms with Gasteiger partial charge in [-0.15, -0.1) is 0 Å². The van der Waals surface area contributed by atoms with E-state index >= 15 is 0 Å². The molecule has 0 unspecified atom stereocenters. The number of aromatic nitrogens is 2. The zero-order valence-corrected chi connectivity index (χ0v) is 11.2. The zero-order chi connectivity index (χ0) is 12.4. The van der Waals surface area contributed by atoms with Crippen LogP contribution in [0.25, 0.3) is 0 Å². The third-order valence-corrected chi connectivity index (χ3v) is 3.45. The normalized spacial score (nSPS) is 17.1. The van der Waals surface area contributed by atoms with E-state index in [1.165, 1.54) is 19.3 Å². The molecule has 2 rings (SSSR count). The molecule has 1 saturated carbocycles. The summed E-state index contributed by atoms with van der Waals surface area (Å²) in [5.41, 5.74) is 7.36. The molecular formula is C12H19N3OS. The number of nitrogens with two attached hydrogens (primary N) is 1. The highest BCUT2D eigenvalue weighted by Gasteiger charge is 2.22. The second kappa shape index (κ2) is 5.04. The van der Waals surface area contributed by atoms with Gasteiger partial charge in [-0.05, 0) is 32.6 Å². The summed E-state index contributed by atoms with van der Waals surface area (Å²) in [4.78, 5) is 0.362. The van der Waals surface area contributed by atoms with Crippen molar-refractivity contribution in [3.8, 4) is 5.88 Å². The van der Waals surface area contributed by atoms with Crippen LogP contribution in [0, 0.1) is 6.92 Å². The molecule has 0 aromatic carbocycles. The Kier molecular flexibility index (Phi) is 3.66. The Morgan fingerprint density at radius 2 is 2.06 bits per heavy atom. The Morgan fingerprint density at radius 1 is 1.41 bits per heavy atom. The highest BCUT2D eigenvalue weighted by molar-refractivity contribution is 7.80. The topological polar surface area (TPSA) is 53.1 Å². The molecule has 2 N–H and O–H groups in total. The molecule has 1 aromatic heterocycles. The maximum atomic E-state index is 6.03. The predicted molar refractivity (Wildman–Crippen MR) is 71.3 cm³/mol. The third-order valence-electron chi connectivity index (χ3n) is 3.25. The van der Waals surface area contributed by atoms with Crippen molar-refractivity contribution in [3.63, 3.8) is 0 Å². The minimum atomic E-state index is 0.284. The fourth-order valence-electron chi connectivity index (χ4n) is 2.40. The van der Waals surface area contributed by atoms with Crippen molar-refractivity contribution in [2.24, 2.45) is 12.8 Å². The van der Waals surface area contributed by atoms with E-state index in [0.29, 0.717) is 4.99 Å². The average Bonchev–Trinajstić information content (AvgIpc) is 2.55. The molecule has 1 fully saturated rings. The van der Waals surface area contributed by atoms with Crippen LogP contribution >= 0.6 is 12.2 Å². The number of nitrogens with zero attached hydrogens (tertiary/aromatic N) is 2. The quantitative estimate of drug-likeness (QED) is 0.838. The van der Waals surface area contributed by atoms with Gasteiger partial charge in [-0.2, -0.15) is 5.10 Å². The van der Waals surface area contributed by atoms with Gasteiger partial charge in [0.15, 0.2) is 0 Å². The molecule has 0 radical (unpaired) electrons. The SMILES string of the molecule is Cc1nn(C)c(OC2CCCCC2)c1C(N)=S. The van der Waals surface area contributed by atoms with Crippen molar-refractivity contribution < 1.29 is 4.74 Å². The molecule has 0 saturated heterocycles. The molecule has 4 nitrogen and oxygen atoms in total. The first-order valence-electron chi connectivity index (χ1n) is 6.09. The van der Waals surface area contributed by atoms with Crippen molar-refractivity contribution >= 4 is 17.2 Å². The summed E-state index contributed by atoms with van der Waals surface area (Å²) >= 11 is 5.06. The van der Waals surface area contributed by atoms with Gasteiger partial charge in [0.25, 0.3) is 0 Å². The lowest BCUT2D eigenvalue weighted by Crippen LogP contribution is -2.22. The first kappa shape index (κ1) is 12.4. The molecular weight excluding hydrogens is 234 g/mol. The number of ether oxygens (including phenoxy) is 1. The van der Waals surface area contributed by atoms with Gasteiger partial charge in [-0.3, -0.25) is 0 Å². The monoisotopic (exact) mass is 253 g/mol. The molecule has 0 aliphatic heterocycles. The first-order valence-corrected chi connectivity index (χ1v) is 6.50. The molecule has 1 heterocycles. The van der Waals surface area contributed by atoms with Crippen LogP contribution in [0.4, 0.5) is 0 Å². The lowest BCUT2D eigenvalue weighted by atomic mass is 9.98. The Morgan fingerprint density at radius 3 is 2.65 bits per heavy atom. The smallest absolute Gasteiger partial charge is 0.222 e. The van der Waals surface area contributed by atoms with Crippen LogP contribution in [0.15, 0.2) is 0 Å². The van der Waals surface area contributed by atoms with Crippen LogP contribution in [0.1, 0.15) is 43.4 Å². The van der Waals surface area contributed by atoms with Crippen molar-refractivity contribution in [3.05, 3.63) is 11.3 Å². The van der Waals surface area contributed by atoms with Crippen LogP contribution in [0.2, 0.25) is 0 Å². The highest BCUT2D eigenvalue weighted by Crippen LogP contribution is 2.27. The summed E-state index contributed by atoms with van der Waals surface area (Å²) in [6.45, 7) is 1.90. The number of rotatable bonds is 3. The molecule has 0 spiro atoms. The predicted octanol–water partition coefficient (Wildman–Crippen LogP) is 2.07. The van der Waals surface area contributed by atoms with Crippen LogP contribution in [0.3, 0.4) is 0 Å². The van der Waals surface area contributed by atoms with E-state index in [0.717, 1.165) is 30.0 Å². The average molecular weight is 253 g/mol. The van der Waals surface area contributed by atoms with Crippen LogP contribution in [0.5, 0.6) is 5.88 Å². The van der Waals surface area contributed by atoms with Gasteiger partial charge < -0.3 is 10.5 Å². The molecule has 1 aromatic rings. The Hall–Kier alpha value is -1.10. The van der Waals surface area contributed by atoms with Crippen LogP contribution < -0.4 is 10.5 Å². The molecule has 0 amide bonds. The summed E-state index contributed by atoms with van der Waals surface area (Å²) in [5, 5.41) is 4.32. The summed E-state index contributed by atoms with van der Waals surface area (Å²) in [6, 6.07) is 0. The second-order valence-corrected chi connectivity index (χ2v) is 5.07. The standard InChI is InChI=1S/C12H19N3OS/c1-8-10(11(13)17)12(15(2)14-8)16-9-6-4-3-5-7-9/h9H,3-7H2,1-2H3,(H2,13,17). The van der Waals surface area contributed by atoms with E-state index in [4.69, 9.17) is 22.7 Å². The highest BCUT2D eigenvalue weighted by atomic mass is 32.1. The largest absolute Gasteiger partial charge is 0.474 e. The van der Waals surface area contributed by atoms with Gasteiger partial charge >= 0.3 is 0 Å². The van der Waals surface area contributed by atoms with Crippen molar-refractivity contribution in [2.45, 2.75) is 45.1 Å². The maximum absolute atomic E-state index is 6.03. The second-order valence-electron chi connectivity index (χ2n) is 4.63. The van der Waals surface area contributed by atoms with Gasteiger partial charge in [0.2, 0.25) is 5.88 Å². The number of hydrogen-bond acceptors (Lipinski definition) is 3. The molecule has 0 bridgehead atoms. The number of thiocarbonyl (C=S) groups is 1. The minimum Gasteiger partial charge on any atom is -0.474 e. The number of aryl methyl sites for hydroxylation is 2. The van der Waals surface area contributed by atoms with E-state index in [2.05, 4.69) is 5.10 Å². The lowest BCUT2D eigenvalue weighted by molar-refractivity contribution is 0.142. The third kappa shape index (κ3) is 2.60. The molecule has 94 valence electrons. The van der Waals surface area contributed by atoms with Crippen LogP contribution in [-0.4, -0.2) is 20.9 Å². The van der Waals surface area contributed by atoms with E-state index in [1.54, 1.807) is 4.68 Å². The van der Waals surface area contributed by atoms with Gasteiger partial charge in [-0.25, -0.2) is 4.68 Å². The molecule has 5 heteroatoms. The van der Waals surface area contributed by atoms with Crippen molar-refractivity contribution in [1.82, 2.24) is 9.78 Å². The fourth-order valence-corrected chi connectivity index (χ4v) is 2.63. The first-order chi connectivity index (χ1) is 8.09. The Bertz CT molecular complexity index is 422. The number of hydrogen-bond donors (Lipinski definition) is 1.